The number of methoxy groups -OCH3 is 2. The molecule has 0 bridgehead atoms. The molecule has 1 aliphatic heterocycles. The number of allylic oxidation sites excluding steroid dienone is 1. The zero-order chi connectivity index (χ0) is 27.6. The first kappa shape index (κ1) is 28.1. The summed E-state index contributed by atoms with van der Waals surface area (Å²) in [4.78, 5) is 32.3. The van der Waals surface area contributed by atoms with E-state index in [-0.39, 0.29) is 17.7 Å². The highest BCUT2D eigenvalue weighted by molar-refractivity contribution is 9.11. The van der Waals surface area contributed by atoms with Gasteiger partial charge < -0.3 is 18.9 Å². The Morgan fingerprint density at radius 3 is 2.42 bits per heavy atom. The Bertz CT molecular complexity index is 1590. The van der Waals surface area contributed by atoms with Crippen LogP contribution in [-0.4, -0.2) is 38.0 Å². The van der Waals surface area contributed by atoms with Gasteiger partial charge in [0.25, 0.3) is 5.56 Å². The second-order valence-electron chi connectivity index (χ2n) is 8.13. The number of hydrogen-bond donors (Lipinski definition) is 0. The lowest BCUT2D eigenvalue weighted by Gasteiger charge is -2.26. The average molecular weight is 666 g/mol. The molecular weight excluding hydrogens is 640 g/mol. The van der Waals surface area contributed by atoms with E-state index in [1.165, 1.54) is 15.9 Å². The van der Waals surface area contributed by atoms with Gasteiger partial charge in [-0.15, -0.1) is 0 Å². The lowest BCUT2D eigenvalue weighted by Crippen LogP contribution is -2.40. The summed E-state index contributed by atoms with van der Waals surface area (Å²) in [6.45, 7) is 5.90. The molecular formula is C27H26Br2N2O6S. The van der Waals surface area contributed by atoms with Gasteiger partial charge in [0.15, 0.2) is 16.3 Å². The maximum Gasteiger partial charge on any atom is 0.338 e. The summed E-state index contributed by atoms with van der Waals surface area (Å²) in [6, 6.07) is 8.31. The van der Waals surface area contributed by atoms with E-state index in [0.717, 1.165) is 14.5 Å². The number of thiazole rings is 1. The van der Waals surface area contributed by atoms with Gasteiger partial charge >= 0.3 is 5.97 Å². The third kappa shape index (κ3) is 5.19. The zero-order valence-electron chi connectivity index (χ0n) is 21.5. The quantitative estimate of drug-likeness (QED) is 0.323. The summed E-state index contributed by atoms with van der Waals surface area (Å²) in [6.07, 6.45) is 1.79. The maximum absolute atomic E-state index is 13.9. The number of hydrogen-bond acceptors (Lipinski definition) is 8. The fourth-order valence-corrected chi connectivity index (χ4v) is 6.89. The summed E-state index contributed by atoms with van der Waals surface area (Å²) in [7, 11) is 3.13. The molecule has 3 aromatic rings. The van der Waals surface area contributed by atoms with Crippen molar-refractivity contribution in [3.05, 3.63) is 81.4 Å². The predicted octanol–water partition coefficient (Wildman–Crippen LogP) is 4.74. The summed E-state index contributed by atoms with van der Waals surface area (Å²) < 4.78 is 25.8. The van der Waals surface area contributed by atoms with Gasteiger partial charge in [-0.2, -0.15) is 0 Å². The van der Waals surface area contributed by atoms with Crippen LogP contribution in [0.5, 0.6) is 17.2 Å². The van der Waals surface area contributed by atoms with E-state index in [9.17, 15) is 9.59 Å². The molecule has 0 radical (unpaired) electrons. The van der Waals surface area contributed by atoms with Crippen molar-refractivity contribution in [1.82, 2.24) is 4.57 Å². The molecule has 8 nitrogen and oxygen atoms in total. The number of fused-ring (bicyclic) bond motifs is 1. The molecule has 2 aromatic carbocycles. The van der Waals surface area contributed by atoms with E-state index in [1.807, 2.05) is 25.1 Å². The molecule has 1 aliphatic rings. The Morgan fingerprint density at radius 1 is 1.11 bits per heavy atom. The number of esters is 1. The Balaban J connectivity index is 2.01. The van der Waals surface area contributed by atoms with Crippen molar-refractivity contribution in [3.8, 4) is 17.2 Å². The lowest BCUT2D eigenvalue weighted by atomic mass is 9.94. The number of para-hydroxylation sites is 1. The molecule has 4 rings (SSSR count). The SMILES string of the molecule is CCOC(=O)C1=C(C)N=c2s/c(=C/c3cc(Br)c(OC)c(Br)c3)c(=O)n2[C@H]1c1cccc(OC)c1OCC. The van der Waals surface area contributed by atoms with Crippen LogP contribution >= 0.6 is 43.2 Å². The minimum atomic E-state index is -0.821. The summed E-state index contributed by atoms with van der Waals surface area (Å²) in [5.74, 6) is 1.06. The van der Waals surface area contributed by atoms with E-state index < -0.39 is 12.0 Å². The highest BCUT2D eigenvalue weighted by atomic mass is 79.9. The maximum atomic E-state index is 13.9. The molecule has 1 aromatic heterocycles. The number of rotatable bonds is 8. The molecule has 0 fully saturated rings. The molecule has 38 heavy (non-hydrogen) atoms. The van der Waals surface area contributed by atoms with Gasteiger partial charge in [0.05, 0.1) is 52.2 Å². The van der Waals surface area contributed by atoms with Crippen LogP contribution in [0, 0.1) is 0 Å². The first-order chi connectivity index (χ1) is 18.2. The number of ether oxygens (including phenoxy) is 4. The Morgan fingerprint density at radius 2 is 1.82 bits per heavy atom. The van der Waals surface area contributed by atoms with E-state index >= 15 is 0 Å². The molecule has 0 spiro atoms. The Hall–Kier alpha value is -2.89. The number of halogens is 2. The molecule has 1 atom stereocenters. The van der Waals surface area contributed by atoms with Crippen LogP contribution in [0.25, 0.3) is 6.08 Å². The van der Waals surface area contributed by atoms with Crippen molar-refractivity contribution in [2.45, 2.75) is 26.8 Å². The third-order valence-electron chi connectivity index (χ3n) is 5.85. The van der Waals surface area contributed by atoms with Crippen molar-refractivity contribution in [2.75, 3.05) is 27.4 Å². The van der Waals surface area contributed by atoms with Gasteiger partial charge in [0, 0.05) is 5.56 Å². The first-order valence-corrected chi connectivity index (χ1v) is 14.2. The molecule has 0 N–H and O–H groups in total. The molecule has 0 unspecified atom stereocenters. The molecule has 11 heteroatoms. The van der Waals surface area contributed by atoms with Crippen molar-refractivity contribution >= 4 is 55.2 Å². The highest BCUT2D eigenvalue weighted by Crippen LogP contribution is 2.41. The molecule has 0 saturated carbocycles. The van der Waals surface area contributed by atoms with Crippen LogP contribution in [-0.2, 0) is 9.53 Å². The van der Waals surface area contributed by atoms with Gasteiger partial charge in [-0.25, -0.2) is 9.79 Å². The summed E-state index contributed by atoms with van der Waals surface area (Å²) >= 11 is 8.27. The molecule has 0 aliphatic carbocycles. The van der Waals surface area contributed by atoms with Crippen molar-refractivity contribution in [3.63, 3.8) is 0 Å². The van der Waals surface area contributed by atoms with Crippen LogP contribution in [0.4, 0.5) is 0 Å². The fraction of sp³-hybridized carbons (Fsp3) is 0.296. The van der Waals surface area contributed by atoms with Gasteiger partial charge in [0.2, 0.25) is 0 Å². The fourth-order valence-electron chi connectivity index (χ4n) is 4.30. The third-order valence-corrected chi connectivity index (χ3v) is 8.01. The topological polar surface area (TPSA) is 88.4 Å². The van der Waals surface area contributed by atoms with Crippen LogP contribution < -0.4 is 29.1 Å². The van der Waals surface area contributed by atoms with Crippen molar-refractivity contribution in [2.24, 2.45) is 4.99 Å². The first-order valence-electron chi connectivity index (χ1n) is 11.8. The average Bonchev–Trinajstić information content (AvgIpc) is 3.17. The smallest absolute Gasteiger partial charge is 0.338 e. The van der Waals surface area contributed by atoms with Crippen molar-refractivity contribution in [1.29, 1.82) is 0 Å². The summed E-state index contributed by atoms with van der Waals surface area (Å²) in [5, 5.41) is 0. The molecule has 200 valence electrons. The second kappa shape index (κ2) is 11.9. The largest absolute Gasteiger partial charge is 0.494 e. The van der Waals surface area contributed by atoms with Crippen LogP contribution in [0.1, 0.15) is 37.9 Å². The Labute approximate surface area is 240 Å². The van der Waals surface area contributed by atoms with E-state index in [1.54, 1.807) is 46.3 Å². The monoisotopic (exact) mass is 664 g/mol. The second-order valence-corrected chi connectivity index (χ2v) is 10.8. The molecule has 0 saturated heterocycles. The van der Waals surface area contributed by atoms with E-state index in [2.05, 4.69) is 36.9 Å². The minimum absolute atomic E-state index is 0.185. The van der Waals surface area contributed by atoms with Gasteiger partial charge in [-0.05, 0) is 82.5 Å². The van der Waals surface area contributed by atoms with E-state index in [4.69, 9.17) is 18.9 Å². The molecule has 0 amide bonds. The zero-order valence-corrected chi connectivity index (χ0v) is 25.5. The Kier molecular flexibility index (Phi) is 8.79. The number of carbonyl (C=O) groups is 1. The van der Waals surface area contributed by atoms with Crippen LogP contribution in [0.3, 0.4) is 0 Å². The normalized spacial score (nSPS) is 15.1. The molecule has 2 heterocycles. The standard InChI is InChI=1S/C27H26Br2N2O6S/c1-6-36-23-16(9-8-10-19(23)34-4)22-21(26(33)37-7-2)14(3)30-27-31(22)25(32)20(38-27)13-15-11-17(28)24(35-5)18(29)12-15/h8-13,22H,6-7H2,1-5H3/b20-13+/t22-/m0/s1. The number of nitrogens with zero attached hydrogens (tertiary/aromatic N) is 2. The lowest BCUT2D eigenvalue weighted by molar-refractivity contribution is -0.139. The van der Waals surface area contributed by atoms with E-state index in [0.29, 0.717) is 44.4 Å². The predicted molar refractivity (Wildman–Crippen MR) is 153 cm³/mol. The number of carbonyl (C=O) groups excluding carboxylic acids is 1. The van der Waals surface area contributed by atoms with Gasteiger partial charge in [-0.1, -0.05) is 23.5 Å². The van der Waals surface area contributed by atoms with Crippen LogP contribution in [0.15, 0.2) is 60.3 Å². The minimum Gasteiger partial charge on any atom is -0.494 e. The number of aromatic nitrogens is 1. The van der Waals surface area contributed by atoms with Gasteiger partial charge in [0.1, 0.15) is 11.8 Å². The van der Waals surface area contributed by atoms with Crippen molar-refractivity contribution < 1.29 is 23.7 Å². The van der Waals surface area contributed by atoms with Gasteiger partial charge in [-0.3, -0.25) is 9.36 Å². The highest BCUT2D eigenvalue weighted by Gasteiger charge is 2.36. The summed E-state index contributed by atoms with van der Waals surface area (Å²) in [5.41, 5.74) is 1.84. The number of benzene rings is 2. The van der Waals surface area contributed by atoms with Crippen LogP contribution in [0.2, 0.25) is 0 Å².